The molecule has 0 bridgehead atoms. The van der Waals surface area contributed by atoms with E-state index in [-0.39, 0.29) is 16.4 Å². The molecule has 1 heterocycles. The molecule has 0 unspecified atom stereocenters. The molecule has 0 amide bonds. The molecule has 0 spiro atoms. The van der Waals surface area contributed by atoms with Gasteiger partial charge in [0.05, 0.1) is 11.3 Å². The lowest BCUT2D eigenvalue weighted by molar-refractivity contribution is 0.0692. The molecule has 1 aromatic carbocycles. The van der Waals surface area contributed by atoms with E-state index in [9.17, 15) is 13.2 Å². The number of nitrogens with one attached hydrogen (secondary N) is 1. The van der Waals surface area contributed by atoms with Gasteiger partial charge in [0.15, 0.2) is 5.69 Å². The van der Waals surface area contributed by atoms with Crippen LogP contribution < -0.4 is 4.72 Å². The van der Waals surface area contributed by atoms with Crippen molar-refractivity contribution in [3.8, 4) is 0 Å². The van der Waals surface area contributed by atoms with Gasteiger partial charge in [-0.1, -0.05) is 30.3 Å². The molecule has 100 valence electrons. The standard InChI is InChI=1S/C11H10N2O4S2/c14-11(15)9-10(18-7-12-9)13-19(16,17)6-8-4-2-1-3-5-8/h1-5,7,13H,6H2,(H,14,15). The molecule has 0 aliphatic heterocycles. The summed E-state index contributed by atoms with van der Waals surface area (Å²) in [7, 11) is -3.66. The molecule has 0 radical (unpaired) electrons. The maximum absolute atomic E-state index is 11.9. The van der Waals surface area contributed by atoms with E-state index < -0.39 is 16.0 Å². The number of carboxylic acid groups (broad SMARTS) is 1. The Balaban J connectivity index is 2.18. The lowest BCUT2D eigenvalue weighted by atomic mass is 10.2. The van der Waals surface area contributed by atoms with E-state index in [1.807, 2.05) is 0 Å². The summed E-state index contributed by atoms with van der Waals surface area (Å²) >= 11 is 0.933. The van der Waals surface area contributed by atoms with E-state index in [4.69, 9.17) is 5.11 Å². The monoisotopic (exact) mass is 298 g/mol. The van der Waals surface area contributed by atoms with Gasteiger partial charge in [-0.2, -0.15) is 0 Å². The lowest BCUT2D eigenvalue weighted by Crippen LogP contribution is -2.16. The maximum Gasteiger partial charge on any atom is 0.357 e. The van der Waals surface area contributed by atoms with E-state index in [0.29, 0.717) is 5.56 Å². The number of aromatic carboxylic acids is 1. The average Bonchev–Trinajstić information content (AvgIpc) is 2.77. The van der Waals surface area contributed by atoms with Crippen molar-refractivity contribution in [3.05, 3.63) is 47.1 Å². The van der Waals surface area contributed by atoms with Gasteiger partial charge < -0.3 is 5.11 Å². The van der Waals surface area contributed by atoms with E-state index in [1.54, 1.807) is 30.3 Å². The van der Waals surface area contributed by atoms with Crippen molar-refractivity contribution in [1.82, 2.24) is 4.98 Å². The van der Waals surface area contributed by atoms with Gasteiger partial charge in [-0.3, -0.25) is 4.72 Å². The summed E-state index contributed by atoms with van der Waals surface area (Å²) in [6.07, 6.45) is 0. The molecule has 8 heteroatoms. The highest BCUT2D eigenvalue weighted by atomic mass is 32.2. The van der Waals surface area contributed by atoms with Crippen LogP contribution in [0.5, 0.6) is 0 Å². The summed E-state index contributed by atoms with van der Waals surface area (Å²) in [6, 6.07) is 8.63. The van der Waals surface area contributed by atoms with Crippen LogP contribution in [0.2, 0.25) is 0 Å². The van der Waals surface area contributed by atoms with Crippen LogP contribution in [-0.2, 0) is 15.8 Å². The normalized spacial score (nSPS) is 11.2. The molecule has 0 fully saturated rings. The summed E-state index contributed by atoms with van der Waals surface area (Å²) in [5.41, 5.74) is 1.61. The highest BCUT2D eigenvalue weighted by Gasteiger charge is 2.19. The van der Waals surface area contributed by atoms with Crippen LogP contribution in [0.15, 0.2) is 35.8 Å². The first kappa shape index (κ1) is 13.5. The minimum atomic E-state index is -3.66. The number of benzene rings is 1. The summed E-state index contributed by atoms with van der Waals surface area (Å²) in [4.78, 5) is 14.4. The fourth-order valence-electron chi connectivity index (χ4n) is 1.44. The second-order valence-corrected chi connectivity index (χ2v) is 6.26. The molecule has 2 rings (SSSR count). The zero-order chi connectivity index (χ0) is 13.9. The molecule has 2 N–H and O–H groups in total. The fourth-order valence-corrected chi connectivity index (χ4v) is 3.61. The summed E-state index contributed by atoms with van der Waals surface area (Å²) < 4.78 is 26.1. The van der Waals surface area contributed by atoms with Gasteiger partial charge in [0.25, 0.3) is 0 Å². The Bertz CT molecular complexity index is 680. The van der Waals surface area contributed by atoms with Gasteiger partial charge in [0.2, 0.25) is 10.0 Å². The van der Waals surface area contributed by atoms with Crippen molar-refractivity contribution < 1.29 is 18.3 Å². The van der Waals surface area contributed by atoms with Crippen molar-refractivity contribution in [3.63, 3.8) is 0 Å². The van der Waals surface area contributed by atoms with Crippen molar-refractivity contribution in [2.24, 2.45) is 0 Å². The number of thiazole rings is 1. The fraction of sp³-hybridized carbons (Fsp3) is 0.0909. The van der Waals surface area contributed by atoms with Crippen LogP contribution in [0.3, 0.4) is 0 Å². The number of rotatable bonds is 5. The maximum atomic E-state index is 11.9. The van der Waals surface area contributed by atoms with Gasteiger partial charge in [-0.05, 0) is 5.56 Å². The number of hydrogen-bond donors (Lipinski definition) is 2. The first-order valence-corrected chi connectivity index (χ1v) is 7.72. The average molecular weight is 298 g/mol. The van der Waals surface area contributed by atoms with Crippen molar-refractivity contribution in [2.75, 3.05) is 4.72 Å². The Morgan fingerprint density at radius 2 is 2.00 bits per heavy atom. The lowest BCUT2D eigenvalue weighted by Gasteiger charge is -2.06. The number of carbonyl (C=O) groups is 1. The second-order valence-electron chi connectivity index (χ2n) is 3.68. The largest absolute Gasteiger partial charge is 0.476 e. The van der Waals surface area contributed by atoms with Crippen molar-refractivity contribution in [1.29, 1.82) is 0 Å². The zero-order valence-electron chi connectivity index (χ0n) is 9.61. The zero-order valence-corrected chi connectivity index (χ0v) is 11.2. The van der Waals surface area contributed by atoms with Crippen molar-refractivity contribution >= 4 is 32.3 Å². The first-order valence-electron chi connectivity index (χ1n) is 5.19. The van der Waals surface area contributed by atoms with E-state index in [2.05, 4.69) is 9.71 Å². The number of anilines is 1. The van der Waals surface area contributed by atoms with Crippen LogP contribution in [0.25, 0.3) is 0 Å². The Kier molecular flexibility index (Phi) is 3.82. The third-order valence-electron chi connectivity index (χ3n) is 2.22. The second kappa shape index (κ2) is 5.37. The van der Waals surface area contributed by atoms with E-state index >= 15 is 0 Å². The molecule has 6 nitrogen and oxygen atoms in total. The van der Waals surface area contributed by atoms with Gasteiger partial charge in [0.1, 0.15) is 5.00 Å². The Morgan fingerprint density at radius 1 is 1.32 bits per heavy atom. The third-order valence-corrected chi connectivity index (χ3v) is 4.32. The molecule has 1 aromatic heterocycles. The molecule has 0 aliphatic rings. The highest BCUT2D eigenvalue weighted by Crippen LogP contribution is 2.22. The number of nitrogens with zero attached hydrogens (tertiary/aromatic N) is 1. The Morgan fingerprint density at radius 3 is 2.63 bits per heavy atom. The van der Waals surface area contributed by atoms with Crippen LogP contribution in [0.1, 0.15) is 16.1 Å². The first-order chi connectivity index (χ1) is 8.98. The number of carboxylic acids is 1. The smallest absolute Gasteiger partial charge is 0.357 e. The quantitative estimate of drug-likeness (QED) is 0.877. The minimum absolute atomic E-state index is 0.0171. The van der Waals surface area contributed by atoms with Crippen LogP contribution in [-0.4, -0.2) is 24.5 Å². The predicted octanol–water partition coefficient (Wildman–Crippen LogP) is 1.78. The Labute approximate surface area is 113 Å². The number of aromatic nitrogens is 1. The van der Waals surface area contributed by atoms with Crippen LogP contribution >= 0.6 is 11.3 Å². The molecular weight excluding hydrogens is 288 g/mol. The molecule has 0 aliphatic carbocycles. The van der Waals surface area contributed by atoms with Gasteiger partial charge >= 0.3 is 5.97 Å². The molecule has 2 aromatic rings. The van der Waals surface area contributed by atoms with Gasteiger partial charge in [-0.25, -0.2) is 18.2 Å². The minimum Gasteiger partial charge on any atom is -0.476 e. The molecular formula is C11H10N2O4S2. The molecule has 0 saturated carbocycles. The molecule has 0 saturated heterocycles. The highest BCUT2D eigenvalue weighted by molar-refractivity contribution is 7.92. The van der Waals surface area contributed by atoms with E-state index in [0.717, 1.165) is 11.3 Å². The topological polar surface area (TPSA) is 96.4 Å². The molecule has 0 atom stereocenters. The Hall–Kier alpha value is -1.93. The summed E-state index contributed by atoms with van der Waals surface area (Å²) in [6.45, 7) is 0. The summed E-state index contributed by atoms with van der Waals surface area (Å²) in [5, 5.41) is 8.87. The van der Waals surface area contributed by atoms with Crippen LogP contribution in [0, 0.1) is 0 Å². The number of sulfonamides is 1. The predicted molar refractivity (Wildman–Crippen MR) is 71.8 cm³/mol. The van der Waals surface area contributed by atoms with Crippen molar-refractivity contribution in [2.45, 2.75) is 5.75 Å². The third kappa shape index (κ3) is 3.52. The molecule has 19 heavy (non-hydrogen) atoms. The van der Waals surface area contributed by atoms with Crippen LogP contribution in [0.4, 0.5) is 5.00 Å². The van der Waals surface area contributed by atoms with E-state index in [1.165, 1.54) is 5.51 Å². The SMILES string of the molecule is O=C(O)c1ncsc1NS(=O)(=O)Cc1ccccc1. The van der Waals surface area contributed by atoms with Gasteiger partial charge in [-0.15, -0.1) is 11.3 Å². The number of hydrogen-bond acceptors (Lipinski definition) is 5. The van der Waals surface area contributed by atoms with Gasteiger partial charge in [0, 0.05) is 0 Å². The summed E-state index contributed by atoms with van der Waals surface area (Å²) in [5.74, 6) is -1.48.